The summed E-state index contributed by atoms with van der Waals surface area (Å²) < 4.78 is 16.8. The van der Waals surface area contributed by atoms with Crippen molar-refractivity contribution >= 4 is 67.8 Å². The molecule has 0 aromatic heterocycles. The van der Waals surface area contributed by atoms with Crippen LogP contribution in [0.5, 0.6) is 17.2 Å². The van der Waals surface area contributed by atoms with Gasteiger partial charge in [0, 0.05) is 47.6 Å². The van der Waals surface area contributed by atoms with E-state index in [1.807, 2.05) is 31.2 Å². The SMILES string of the molecule is CCN(CCOc1cc(C(=O)Cl)cc(C(=O)Cl)c1)c1ccc(N=Nc2cc(OC)c(N=Nc3ccc([N+](=O)[O-])cc3)cc2OC)cc1. The van der Waals surface area contributed by atoms with Gasteiger partial charge < -0.3 is 19.1 Å². The van der Waals surface area contributed by atoms with Crippen molar-refractivity contribution in [2.45, 2.75) is 6.92 Å². The van der Waals surface area contributed by atoms with Crippen LogP contribution in [0.3, 0.4) is 0 Å². The molecule has 0 N–H and O–H groups in total. The summed E-state index contributed by atoms with van der Waals surface area (Å²) in [5.74, 6) is 1.05. The molecule has 0 radical (unpaired) electrons. The molecule has 4 rings (SSSR count). The fourth-order valence-corrected chi connectivity index (χ4v) is 4.49. The summed E-state index contributed by atoms with van der Waals surface area (Å²) in [6.45, 7) is 3.45. The van der Waals surface area contributed by atoms with Crippen LogP contribution < -0.4 is 19.1 Å². The van der Waals surface area contributed by atoms with Crippen LogP contribution >= 0.6 is 23.2 Å². The van der Waals surface area contributed by atoms with Gasteiger partial charge in [0.1, 0.15) is 35.2 Å². The van der Waals surface area contributed by atoms with E-state index in [1.165, 1.54) is 56.7 Å². The highest BCUT2D eigenvalue weighted by molar-refractivity contribution is 6.69. The Kier molecular flexibility index (Phi) is 11.9. The molecule has 0 saturated heterocycles. The Bertz CT molecular complexity index is 1780. The number of anilines is 1. The third kappa shape index (κ3) is 9.31. The van der Waals surface area contributed by atoms with E-state index in [4.69, 9.17) is 37.4 Å². The average molecular weight is 680 g/mol. The van der Waals surface area contributed by atoms with E-state index >= 15 is 0 Å². The van der Waals surface area contributed by atoms with E-state index in [1.54, 1.807) is 12.1 Å². The van der Waals surface area contributed by atoms with Gasteiger partial charge in [0.25, 0.3) is 16.2 Å². The Labute approximate surface area is 279 Å². The van der Waals surface area contributed by atoms with Crippen LogP contribution in [-0.2, 0) is 0 Å². The third-order valence-corrected chi connectivity index (χ3v) is 7.11. The highest BCUT2D eigenvalue weighted by Gasteiger charge is 2.14. The number of carbonyl (C=O) groups excluding carboxylic acids is 2. The summed E-state index contributed by atoms with van der Waals surface area (Å²) in [6, 6.07) is 20.5. The molecule has 0 heterocycles. The van der Waals surface area contributed by atoms with Crippen molar-refractivity contribution in [2.24, 2.45) is 20.5 Å². The zero-order valence-electron chi connectivity index (χ0n) is 25.4. The lowest BCUT2D eigenvalue weighted by atomic mass is 10.1. The van der Waals surface area contributed by atoms with E-state index in [0.29, 0.717) is 53.1 Å². The van der Waals surface area contributed by atoms with Gasteiger partial charge >= 0.3 is 0 Å². The summed E-state index contributed by atoms with van der Waals surface area (Å²) in [5.41, 5.74) is 2.87. The lowest BCUT2D eigenvalue weighted by Crippen LogP contribution is -2.28. The zero-order valence-corrected chi connectivity index (χ0v) is 26.9. The summed E-state index contributed by atoms with van der Waals surface area (Å²) in [5, 5.41) is 26.5. The van der Waals surface area contributed by atoms with Crippen molar-refractivity contribution in [3.8, 4) is 17.2 Å². The first kappa shape index (κ1) is 34.5. The number of methoxy groups -OCH3 is 2. The minimum atomic E-state index is -0.722. The van der Waals surface area contributed by atoms with Crippen molar-refractivity contribution in [3.05, 3.63) is 100 Å². The topological polar surface area (TPSA) is 158 Å². The molecule has 0 aliphatic rings. The van der Waals surface area contributed by atoms with Crippen molar-refractivity contribution < 1.29 is 28.7 Å². The van der Waals surface area contributed by atoms with Gasteiger partial charge in [-0.2, -0.15) is 10.2 Å². The third-order valence-electron chi connectivity index (χ3n) is 6.67. The molecule has 242 valence electrons. The van der Waals surface area contributed by atoms with Gasteiger partial charge in [-0.1, -0.05) is 0 Å². The Balaban J connectivity index is 1.43. The van der Waals surface area contributed by atoms with Crippen LogP contribution in [-0.4, -0.2) is 49.3 Å². The quantitative estimate of drug-likeness (QED) is 0.0521. The number of nitro benzene ring substituents is 1. The summed E-state index contributed by atoms with van der Waals surface area (Å²) in [6.07, 6.45) is 0. The van der Waals surface area contributed by atoms with Crippen molar-refractivity contribution in [2.75, 3.05) is 38.8 Å². The molecule has 0 amide bonds. The van der Waals surface area contributed by atoms with Crippen LogP contribution in [0.1, 0.15) is 27.6 Å². The van der Waals surface area contributed by atoms with E-state index in [2.05, 4.69) is 25.4 Å². The molecule has 0 atom stereocenters. The number of benzene rings is 4. The van der Waals surface area contributed by atoms with Gasteiger partial charge in [0.15, 0.2) is 0 Å². The molecule has 4 aromatic carbocycles. The second kappa shape index (κ2) is 16.2. The molecule has 0 aliphatic heterocycles. The van der Waals surface area contributed by atoms with Gasteiger partial charge in [0.05, 0.1) is 37.1 Å². The van der Waals surface area contributed by atoms with E-state index in [0.717, 1.165) is 5.69 Å². The number of carbonyl (C=O) groups is 2. The van der Waals surface area contributed by atoms with Crippen LogP contribution in [0.15, 0.2) is 99.3 Å². The summed E-state index contributed by atoms with van der Waals surface area (Å²) in [7, 11) is 2.97. The molecule has 0 fully saturated rings. The molecule has 0 aliphatic carbocycles. The normalized spacial score (nSPS) is 11.1. The highest BCUT2D eigenvalue weighted by atomic mass is 35.5. The van der Waals surface area contributed by atoms with Crippen LogP contribution in [0.4, 0.5) is 34.1 Å². The number of azo groups is 2. The Morgan fingerprint density at radius 1 is 0.766 bits per heavy atom. The van der Waals surface area contributed by atoms with Crippen molar-refractivity contribution in [3.63, 3.8) is 0 Å². The lowest BCUT2D eigenvalue weighted by molar-refractivity contribution is -0.384. The van der Waals surface area contributed by atoms with Crippen molar-refractivity contribution in [1.29, 1.82) is 0 Å². The Morgan fingerprint density at radius 3 is 1.68 bits per heavy atom. The number of hydrogen-bond donors (Lipinski definition) is 0. The maximum atomic E-state index is 11.6. The first-order valence-electron chi connectivity index (χ1n) is 14.0. The second-order valence-corrected chi connectivity index (χ2v) is 10.3. The predicted octanol–water partition coefficient (Wildman–Crippen LogP) is 9.11. The van der Waals surface area contributed by atoms with E-state index in [-0.39, 0.29) is 23.4 Å². The number of ether oxygens (including phenoxy) is 3. The minimum Gasteiger partial charge on any atom is -0.494 e. The molecule has 0 saturated carbocycles. The molecular formula is C32H28Cl2N6O7. The van der Waals surface area contributed by atoms with Crippen molar-refractivity contribution in [1.82, 2.24) is 0 Å². The standard InChI is InChI=1S/C32H28Cl2N6O7/c1-4-39(13-14-47-26-16-20(31(33)41)15-21(17-26)32(34)42)24-9-5-22(6-10-24)35-37-27-18-30(46-3)28(19-29(27)45-2)38-36-23-7-11-25(12-8-23)40(43)44/h5-12,15-19H,4,13-14H2,1-3H3. The summed E-state index contributed by atoms with van der Waals surface area (Å²) >= 11 is 11.2. The fraction of sp³-hybridized carbons (Fsp3) is 0.188. The average Bonchev–Trinajstić information content (AvgIpc) is 3.08. The number of halogens is 2. The minimum absolute atomic E-state index is 0.0480. The molecule has 0 bridgehead atoms. The summed E-state index contributed by atoms with van der Waals surface area (Å²) in [4.78, 5) is 35.7. The largest absolute Gasteiger partial charge is 0.494 e. The molecule has 13 nitrogen and oxygen atoms in total. The van der Waals surface area contributed by atoms with E-state index < -0.39 is 15.4 Å². The van der Waals surface area contributed by atoms with Gasteiger partial charge in [0.2, 0.25) is 0 Å². The highest BCUT2D eigenvalue weighted by Crippen LogP contribution is 2.41. The molecule has 15 heteroatoms. The number of rotatable bonds is 15. The first-order valence-corrected chi connectivity index (χ1v) is 14.7. The lowest BCUT2D eigenvalue weighted by Gasteiger charge is -2.23. The number of nitro groups is 1. The Hall–Kier alpha value is -5.40. The maximum absolute atomic E-state index is 11.6. The number of non-ortho nitro benzene ring substituents is 1. The van der Waals surface area contributed by atoms with Crippen LogP contribution in [0.2, 0.25) is 0 Å². The van der Waals surface area contributed by atoms with Crippen LogP contribution in [0, 0.1) is 10.1 Å². The number of likely N-dealkylation sites (N-methyl/N-ethyl adjacent to an activating group) is 1. The number of nitrogens with zero attached hydrogens (tertiary/aromatic N) is 6. The maximum Gasteiger partial charge on any atom is 0.269 e. The molecule has 0 spiro atoms. The van der Waals surface area contributed by atoms with Crippen LogP contribution in [0.25, 0.3) is 0 Å². The molecule has 47 heavy (non-hydrogen) atoms. The number of hydrogen-bond acceptors (Lipinski definition) is 12. The first-order chi connectivity index (χ1) is 22.6. The fourth-order valence-electron chi connectivity index (χ4n) is 4.27. The monoisotopic (exact) mass is 678 g/mol. The second-order valence-electron chi connectivity index (χ2n) is 9.61. The molecule has 0 unspecified atom stereocenters. The van der Waals surface area contributed by atoms with E-state index in [9.17, 15) is 19.7 Å². The van der Waals surface area contributed by atoms with Gasteiger partial charge in [-0.25, -0.2) is 0 Å². The molecule has 4 aromatic rings. The zero-order chi connectivity index (χ0) is 33.9. The Morgan fingerprint density at radius 2 is 1.26 bits per heavy atom. The smallest absolute Gasteiger partial charge is 0.269 e. The van der Waals surface area contributed by atoms with Gasteiger partial charge in [-0.05, 0) is 84.7 Å². The van der Waals surface area contributed by atoms with Gasteiger partial charge in [-0.15, -0.1) is 10.2 Å². The predicted molar refractivity (Wildman–Crippen MR) is 178 cm³/mol. The molecular weight excluding hydrogens is 651 g/mol. The van der Waals surface area contributed by atoms with Gasteiger partial charge in [-0.3, -0.25) is 19.7 Å².